The van der Waals surface area contributed by atoms with Crippen LogP contribution in [0.3, 0.4) is 0 Å². The molecule has 1 aromatic carbocycles. The molecule has 1 aromatic rings. The molecule has 0 aliphatic heterocycles. The van der Waals surface area contributed by atoms with Crippen molar-refractivity contribution < 1.29 is 14.6 Å². The third-order valence-corrected chi connectivity index (χ3v) is 3.00. The van der Waals surface area contributed by atoms with Gasteiger partial charge in [0.05, 0.1) is 18.8 Å². The zero-order valence-electron chi connectivity index (χ0n) is 12.5. The van der Waals surface area contributed by atoms with E-state index in [2.05, 4.69) is 5.32 Å². The summed E-state index contributed by atoms with van der Waals surface area (Å²) in [5.41, 5.74) is 2.56. The zero-order valence-corrected chi connectivity index (χ0v) is 12.5. The maximum Gasteiger partial charge on any atom is 0.256 e. The lowest BCUT2D eigenvalue weighted by atomic mass is 10.1. The van der Waals surface area contributed by atoms with E-state index in [1.807, 2.05) is 32.0 Å². The number of aliphatic hydroxyl groups is 1. The van der Waals surface area contributed by atoms with Gasteiger partial charge < -0.3 is 20.1 Å². The average molecular weight is 280 g/mol. The molecule has 0 radical (unpaired) electrons. The molecule has 0 saturated heterocycles. The van der Waals surface area contributed by atoms with Crippen LogP contribution in [-0.2, 0) is 4.74 Å². The first-order chi connectivity index (χ1) is 9.63. The Morgan fingerprint density at radius 1 is 1.40 bits per heavy atom. The Balaban J connectivity index is 2.97. The molecule has 1 amide bonds. The van der Waals surface area contributed by atoms with Gasteiger partial charge in [-0.25, -0.2) is 0 Å². The van der Waals surface area contributed by atoms with Crippen molar-refractivity contribution in [3.8, 4) is 0 Å². The SMILES string of the molecule is CCNc1cc(C)ccc1C(=O)N(CCO)CCOC. The molecular weight excluding hydrogens is 256 g/mol. The van der Waals surface area contributed by atoms with Crippen molar-refractivity contribution in [1.82, 2.24) is 4.90 Å². The van der Waals surface area contributed by atoms with Gasteiger partial charge in [0, 0.05) is 32.4 Å². The van der Waals surface area contributed by atoms with Gasteiger partial charge in [-0.2, -0.15) is 0 Å². The van der Waals surface area contributed by atoms with E-state index in [9.17, 15) is 4.79 Å². The number of anilines is 1. The molecule has 0 unspecified atom stereocenters. The number of rotatable bonds is 8. The second kappa shape index (κ2) is 8.55. The van der Waals surface area contributed by atoms with Crippen molar-refractivity contribution in [2.45, 2.75) is 13.8 Å². The quantitative estimate of drug-likeness (QED) is 0.757. The van der Waals surface area contributed by atoms with E-state index < -0.39 is 0 Å². The lowest BCUT2D eigenvalue weighted by molar-refractivity contribution is 0.0657. The second-order valence-electron chi connectivity index (χ2n) is 4.59. The summed E-state index contributed by atoms with van der Waals surface area (Å²) in [6.07, 6.45) is 0. The molecule has 0 fully saturated rings. The van der Waals surface area contributed by atoms with Gasteiger partial charge in [0.1, 0.15) is 0 Å². The van der Waals surface area contributed by atoms with Crippen LogP contribution in [0.5, 0.6) is 0 Å². The van der Waals surface area contributed by atoms with E-state index in [4.69, 9.17) is 9.84 Å². The number of nitrogens with one attached hydrogen (secondary N) is 1. The minimum absolute atomic E-state index is 0.0577. The van der Waals surface area contributed by atoms with Crippen molar-refractivity contribution in [1.29, 1.82) is 0 Å². The molecule has 0 aliphatic rings. The van der Waals surface area contributed by atoms with Gasteiger partial charge in [-0.05, 0) is 31.5 Å². The summed E-state index contributed by atoms with van der Waals surface area (Å²) in [5.74, 6) is -0.0907. The van der Waals surface area contributed by atoms with Gasteiger partial charge in [-0.3, -0.25) is 4.79 Å². The topological polar surface area (TPSA) is 61.8 Å². The number of amides is 1. The Morgan fingerprint density at radius 2 is 2.15 bits per heavy atom. The van der Waals surface area contributed by atoms with Gasteiger partial charge in [0.25, 0.3) is 5.91 Å². The Hall–Kier alpha value is -1.59. The number of hydrogen-bond acceptors (Lipinski definition) is 4. The molecule has 0 heterocycles. The average Bonchev–Trinajstić information content (AvgIpc) is 2.43. The first-order valence-corrected chi connectivity index (χ1v) is 6.87. The molecule has 0 aliphatic carbocycles. The van der Waals surface area contributed by atoms with E-state index >= 15 is 0 Å². The molecule has 0 atom stereocenters. The molecule has 0 spiro atoms. The van der Waals surface area contributed by atoms with Crippen molar-refractivity contribution in [3.05, 3.63) is 29.3 Å². The summed E-state index contributed by atoms with van der Waals surface area (Å²) in [7, 11) is 1.59. The summed E-state index contributed by atoms with van der Waals surface area (Å²) >= 11 is 0. The maximum atomic E-state index is 12.6. The highest BCUT2D eigenvalue weighted by Gasteiger charge is 2.18. The van der Waals surface area contributed by atoms with E-state index in [-0.39, 0.29) is 12.5 Å². The van der Waals surface area contributed by atoms with Crippen LogP contribution in [0, 0.1) is 6.92 Å². The van der Waals surface area contributed by atoms with Gasteiger partial charge in [-0.1, -0.05) is 6.07 Å². The fourth-order valence-corrected chi connectivity index (χ4v) is 1.99. The standard InChI is InChI=1S/C15H24N2O3/c1-4-16-14-11-12(2)5-6-13(14)15(19)17(7-9-18)8-10-20-3/h5-6,11,16,18H,4,7-10H2,1-3H3. The number of aliphatic hydroxyl groups excluding tert-OH is 1. The fourth-order valence-electron chi connectivity index (χ4n) is 1.99. The minimum Gasteiger partial charge on any atom is -0.395 e. The summed E-state index contributed by atoms with van der Waals surface area (Å²) in [4.78, 5) is 14.2. The van der Waals surface area contributed by atoms with Crippen LogP contribution in [0.2, 0.25) is 0 Å². The van der Waals surface area contributed by atoms with Gasteiger partial charge in [-0.15, -0.1) is 0 Å². The van der Waals surface area contributed by atoms with Crippen LogP contribution >= 0.6 is 0 Å². The molecule has 5 nitrogen and oxygen atoms in total. The summed E-state index contributed by atoms with van der Waals surface area (Å²) in [5, 5.41) is 12.3. The van der Waals surface area contributed by atoms with Crippen LogP contribution < -0.4 is 5.32 Å². The van der Waals surface area contributed by atoms with Crippen molar-refractivity contribution >= 4 is 11.6 Å². The van der Waals surface area contributed by atoms with Crippen LogP contribution in [0.25, 0.3) is 0 Å². The predicted molar refractivity (Wildman–Crippen MR) is 80.2 cm³/mol. The van der Waals surface area contributed by atoms with Crippen LogP contribution in [0.4, 0.5) is 5.69 Å². The normalized spacial score (nSPS) is 10.4. The number of carbonyl (C=O) groups excluding carboxylic acids is 1. The largest absolute Gasteiger partial charge is 0.395 e. The molecular formula is C15H24N2O3. The highest BCUT2D eigenvalue weighted by molar-refractivity contribution is 5.99. The molecule has 20 heavy (non-hydrogen) atoms. The molecule has 5 heteroatoms. The minimum atomic E-state index is -0.0907. The smallest absolute Gasteiger partial charge is 0.256 e. The van der Waals surface area contributed by atoms with Crippen molar-refractivity contribution in [2.24, 2.45) is 0 Å². The molecule has 112 valence electrons. The Bertz CT molecular complexity index is 435. The molecule has 0 aromatic heterocycles. The van der Waals surface area contributed by atoms with Crippen LogP contribution in [0.1, 0.15) is 22.8 Å². The molecule has 2 N–H and O–H groups in total. The number of aryl methyl sites for hydroxylation is 1. The van der Waals surface area contributed by atoms with Gasteiger partial charge >= 0.3 is 0 Å². The molecule has 1 rings (SSSR count). The third kappa shape index (κ3) is 4.51. The number of carbonyl (C=O) groups is 1. The highest BCUT2D eigenvalue weighted by Crippen LogP contribution is 2.19. The second-order valence-corrected chi connectivity index (χ2v) is 4.59. The lowest BCUT2D eigenvalue weighted by Crippen LogP contribution is -2.36. The lowest BCUT2D eigenvalue weighted by Gasteiger charge is -2.23. The Labute approximate surface area is 120 Å². The fraction of sp³-hybridized carbons (Fsp3) is 0.533. The van der Waals surface area contributed by atoms with E-state index in [1.54, 1.807) is 12.0 Å². The third-order valence-electron chi connectivity index (χ3n) is 3.00. The van der Waals surface area contributed by atoms with E-state index in [0.717, 1.165) is 17.8 Å². The first kappa shape index (κ1) is 16.5. The van der Waals surface area contributed by atoms with Gasteiger partial charge in [0.15, 0.2) is 0 Å². The number of nitrogens with zero attached hydrogens (tertiary/aromatic N) is 1. The van der Waals surface area contributed by atoms with Crippen LogP contribution in [0.15, 0.2) is 18.2 Å². The van der Waals surface area contributed by atoms with Crippen molar-refractivity contribution in [3.63, 3.8) is 0 Å². The Kier molecular flexibility index (Phi) is 7.04. The summed E-state index contributed by atoms with van der Waals surface area (Å²) in [6.45, 7) is 5.91. The maximum absolute atomic E-state index is 12.6. The zero-order chi connectivity index (χ0) is 15.0. The van der Waals surface area contributed by atoms with E-state index in [0.29, 0.717) is 25.3 Å². The Morgan fingerprint density at radius 3 is 2.75 bits per heavy atom. The molecule has 0 bridgehead atoms. The highest BCUT2D eigenvalue weighted by atomic mass is 16.5. The first-order valence-electron chi connectivity index (χ1n) is 6.87. The van der Waals surface area contributed by atoms with Crippen molar-refractivity contribution in [2.75, 3.05) is 45.3 Å². The predicted octanol–water partition coefficient (Wildman–Crippen LogP) is 1.51. The number of benzene rings is 1. The molecule has 0 saturated carbocycles. The van der Waals surface area contributed by atoms with Gasteiger partial charge in [0.2, 0.25) is 0 Å². The number of ether oxygens (including phenoxy) is 1. The van der Waals surface area contributed by atoms with Crippen LogP contribution in [-0.4, -0.2) is 55.9 Å². The monoisotopic (exact) mass is 280 g/mol. The van der Waals surface area contributed by atoms with E-state index in [1.165, 1.54) is 0 Å². The summed E-state index contributed by atoms with van der Waals surface area (Å²) < 4.78 is 5.01. The number of hydrogen-bond donors (Lipinski definition) is 2. The summed E-state index contributed by atoms with van der Waals surface area (Å²) in [6, 6.07) is 5.71. The number of methoxy groups -OCH3 is 1.